The Balaban J connectivity index is 1.84. The highest BCUT2D eigenvalue weighted by Crippen LogP contribution is 2.55. The van der Waals surface area contributed by atoms with Crippen molar-refractivity contribution < 1.29 is 14.3 Å². The quantitative estimate of drug-likeness (QED) is 0.457. The van der Waals surface area contributed by atoms with E-state index in [1.165, 1.54) is 16.8 Å². The number of nitrogen functional groups attached to an aromatic ring is 1. The van der Waals surface area contributed by atoms with Gasteiger partial charge in [0.05, 0.1) is 31.0 Å². The maximum atomic E-state index is 13.3. The van der Waals surface area contributed by atoms with E-state index in [1.807, 2.05) is 13.0 Å². The van der Waals surface area contributed by atoms with Gasteiger partial charge in [-0.3, -0.25) is 0 Å². The molecule has 0 saturated heterocycles. The van der Waals surface area contributed by atoms with Crippen molar-refractivity contribution >= 4 is 33.3 Å². The molecule has 0 bridgehead atoms. The van der Waals surface area contributed by atoms with Crippen molar-refractivity contribution in [3.63, 3.8) is 0 Å². The molecule has 0 saturated carbocycles. The normalized spacial score (nSPS) is 20.1. The van der Waals surface area contributed by atoms with E-state index in [0.717, 1.165) is 46.3 Å². The van der Waals surface area contributed by atoms with Crippen molar-refractivity contribution in [3.8, 4) is 16.9 Å². The lowest BCUT2D eigenvalue weighted by atomic mass is 9.78. The number of anilines is 2. The van der Waals surface area contributed by atoms with Crippen LogP contribution in [0.15, 0.2) is 40.9 Å². The minimum atomic E-state index is -0.353. The third kappa shape index (κ3) is 2.99. The zero-order valence-corrected chi connectivity index (χ0v) is 20.2. The smallest absolute Gasteiger partial charge is 0.340 e. The number of rotatable bonds is 4. The third-order valence-corrected chi connectivity index (χ3v) is 7.37. The second kappa shape index (κ2) is 8.00. The molecule has 6 heteroatoms. The van der Waals surface area contributed by atoms with Gasteiger partial charge in [-0.05, 0) is 55.5 Å². The molecule has 3 aliphatic rings. The van der Waals surface area contributed by atoms with Crippen molar-refractivity contribution in [3.05, 3.63) is 63.2 Å². The average molecular weight is 495 g/mol. The highest BCUT2D eigenvalue weighted by molar-refractivity contribution is 9.11. The minimum absolute atomic E-state index is 0.0973. The molecule has 166 valence electrons. The molecular formula is C26H27BrN2O3. The summed E-state index contributed by atoms with van der Waals surface area (Å²) in [6, 6.07) is 6.26. The van der Waals surface area contributed by atoms with Crippen LogP contribution in [0.1, 0.15) is 46.8 Å². The Hall–Kier alpha value is -2.73. The summed E-state index contributed by atoms with van der Waals surface area (Å²) in [5.74, 6) is 0.564. The van der Waals surface area contributed by atoms with Crippen LogP contribution < -0.4 is 15.4 Å². The third-order valence-electron chi connectivity index (χ3n) is 6.84. The summed E-state index contributed by atoms with van der Waals surface area (Å²) in [6.07, 6.45) is 8.27. The predicted molar refractivity (Wildman–Crippen MR) is 132 cm³/mol. The van der Waals surface area contributed by atoms with Gasteiger partial charge in [0.1, 0.15) is 5.75 Å². The van der Waals surface area contributed by atoms with E-state index >= 15 is 0 Å². The Morgan fingerprint density at radius 2 is 2.09 bits per heavy atom. The van der Waals surface area contributed by atoms with E-state index < -0.39 is 0 Å². The topological polar surface area (TPSA) is 64.8 Å². The largest absolute Gasteiger partial charge is 0.497 e. The molecule has 2 aromatic rings. The van der Waals surface area contributed by atoms with Gasteiger partial charge < -0.3 is 20.1 Å². The summed E-state index contributed by atoms with van der Waals surface area (Å²) < 4.78 is 12.0. The molecule has 0 radical (unpaired) electrons. The van der Waals surface area contributed by atoms with Gasteiger partial charge in [-0.15, -0.1) is 0 Å². The second-order valence-electron chi connectivity index (χ2n) is 8.36. The van der Waals surface area contributed by atoms with Crippen LogP contribution in [0, 0.1) is 0 Å². The number of fused-ring (bicyclic) bond motifs is 7. The molecule has 2 atom stereocenters. The highest BCUT2D eigenvalue weighted by Gasteiger charge is 2.43. The van der Waals surface area contributed by atoms with Crippen molar-refractivity contribution in [2.75, 3.05) is 30.9 Å². The van der Waals surface area contributed by atoms with E-state index in [9.17, 15) is 4.79 Å². The Labute approximate surface area is 197 Å². The minimum Gasteiger partial charge on any atom is -0.497 e. The highest BCUT2D eigenvalue weighted by atomic mass is 79.9. The summed E-state index contributed by atoms with van der Waals surface area (Å²) >= 11 is 3.64. The fourth-order valence-electron chi connectivity index (χ4n) is 5.56. The van der Waals surface area contributed by atoms with Gasteiger partial charge in [-0.25, -0.2) is 4.79 Å². The lowest BCUT2D eigenvalue weighted by Gasteiger charge is -2.31. The molecule has 2 aromatic carbocycles. The number of likely N-dealkylation sites (N-methyl/N-ethyl adjacent to an activating group) is 1. The van der Waals surface area contributed by atoms with Crippen LogP contribution in [0.25, 0.3) is 11.1 Å². The number of hydrogen-bond donors (Lipinski definition) is 1. The average Bonchev–Trinajstić information content (AvgIpc) is 3.12. The fraction of sp³-hybridized carbons (Fsp3) is 0.346. The molecule has 0 amide bonds. The second-order valence-corrected chi connectivity index (χ2v) is 9.28. The number of hydrogen-bond acceptors (Lipinski definition) is 5. The summed E-state index contributed by atoms with van der Waals surface area (Å²) in [7, 11) is 1.67. The molecule has 0 spiro atoms. The standard InChI is InChI=1S/C26H27BrN2O3/c1-4-29-20-11-7-15(27)13-19(20)22-24(28)23(26(30)32-5-2)21-17-10-8-16(31-3)12-14(17)6-9-18(21)25(22)29/h7-8,10-13,19-20H,4-6,9,28H2,1-3H3. The number of nitrogens with two attached hydrogens (primary N) is 1. The Bertz CT molecular complexity index is 1180. The van der Waals surface area contributed by atoms with Gasteiger partial charge >= 0.3 is 5.97 Å². The SMILES string of the molecule is CCOC(=O)c1c(N)c2c(c3c1-c1ccc(OC)cc1CC3)N(CC)C1C=CC(Br)=CC21. The van der Waals surface area contributed by atoms with Crippen molar-refractivity contribution in [2.45, 2.75) is 38.6 Å². The number of halogens is 1. The first-order chi connectivity index (χ1) is 15.5. The van der Waals surface area contributed by atoms with Crippen molar-refractivity contribution in [1.29, 1.82) is 0 Å². The van der Waals surface area contributed by atoms with Crippen LogP contribution in [0.5, 0.6) is 5.75 Å². The van der Waals surface area contributed by atoms with Gasteiger partial charge in [0.2, 0.25) is 0 Å². The molecule has 2 unspecified atom stereocenters. The van der Waals surface area contributed by atoms with Crippen molar-refractivity contribution in [1.82, 2.24) is 0 Å². The number of ether oxygens (including phenoxy) is 2. The first-order valence-electron chi connectivity index (χ1n) is 11.1. The number of esters is 1. The number of allylic oxidation sites excluding steroid dienone is 2. The molecule has 0 fully saturated rings. The lowest BCUT2D eigenvalue weighted by Crippen LogP contribution is -2.33. The number of nitrogens with zero attached hydrogens (tertiary/aromatic N) is 1. The van der Waals surface area contributed by atoms with E-state index in [2.05, 4.69) is 58.1 Å². The Kier molecular flexibility index (Phi) is 5.28. The molecule has 1 heterocycles. The molecular weight excluding hydrogens is 468 g/mol. The van der Waals surface area contributed by atoms with Crippen LogP contribution in [-0.4, -0.2) is 32.3 Å². The molecule has 32 heavy (non-hydrogen) atoms. The fourth-order valence-corrected chi connectivity index (χ4v) is 6.00. The van der Waals surface area contributed by atoms with Crippen LogP contribution in [0.2, 0.25) is 0 Å². The predicted octanol–water partition coefficient (Wildman–Crippen LogP) is 5.36. The summed E-state index contributed by atoms with van der Waals surface area (Å²) in [5, 5.41) is 0. The number of carbonyl (C=O) groups is 1. The maximum Gasteiger partial charge on any atom is 0.340 e. The van der Waals surface area contributed by atoms with Gasteiger partial charge in [-0.2, -0.15) is 0 Å². The summed E-state index contributed by atoms with van der Waals surface area (Å²) in [5.41, 5.74) is 14.5. The molecule has 2 N–H and O–H groups in total. The van der Waals surface area contributed by atoms with E-state index in [0.29, 0.717) is 17.9 Å². The van der Waals surface area contributed by atoms with Crippen LogP contribution >= 0.6 is 15.9 Å². The lowest BCUT2D eigenvalue weighted by molar-refractivity contribution is 0.0528. The number of carbonyl (C=O) groups excluding carboxylic acids is 1. The molecule has 2 aliphatic carbocycles. The van der Waals surface area contributed by atoms with E-state index in [4.69, 9.17) is 15.2 Å². The van der Waals surface area contributed by atoms with Crippen molar-refractivity contribution in [2.24, 2.45) is 0 Å². The van der Waals surface area contributed by atoms with Gasteiger partial charge in [-0.1, -0.05) is 40.2 Å². The first-order valence-corrected chi connectivity index (χ1v) is 11.9. The van der Waals surface area contributed by atoms with Gasteiger partial charge in [0.15, 0.2) is 0 Å². The number of benzene rings is 2. The number of aryl methyl sites for hydroxylation is 1. The molecule has 1 aliphatic heterocycles. The van der Waals surface area contributed by atoms with Crippen LogP contribution in [-0.2, 0) is 17.6 Å². The molecule has 0 aromatic heterocycles. The van der Waals surface area contributed by atoms with Gasteiger partial charge in [0, 0.05) is 33.8 Å². The van der Waals surface area contributed by atoms with E-state index in [1.54, 1.807) is 7.11 Å². The Morgan fingerprint density at radius 3 is 2.81 bits per heavy atom. The summed E-state index contributed by atoms with van der Waals surface area (Å²) in [6.45, 7) is 5.18. The zero-order chi connectivity index (χ0) is 22.6. The monoisotopic (exact) mass is 494 g/mol. The Morgan fingerprint density at radius 1 is 1.28 bits per heavy atom. The number of methoxy groups -OCH3 is 1. The van der Waals surface area contributed by atoms with Crippen LogP contribution in [0.3, 0.4) is 0 Å². The maximum absolute atomic E-state index is 13.3. The van der Waals surface area contributed by atoms with E-state index in [-0.39, 0.29) is 17.9 Å². The van der Waals surface area contributed by atoms with Gasteiger partial charge in [0.25, 0.3) is 0 Å². The molecule has 5 nitrogen and oxygen atoms in total. The zero-order valence-electron chi connectivity index (χ0n) is 18.6. The molecule has 5 rings (SSSR count). The van der Waals surface area contributed by atoms with Crippen LogP contribution in [0.4, 0.5) is 11.4 Å². The first kappa shape index (κ1) is 21.1. The summed E-state index contributed by atoms with van der Waals surface area (Å²) in [4.78, 5) is 15.7.